The Kier molecular flexibility index (Phi) is 4.20. The Balaban J connectivity index is 1.74. The number of ether oxygens (including phenoxy) is 1. The summed E-state index contributed by atoms with van der Waals surface area (Å²) in [6, 6.07) is 9.53. The van der Waals surface area contributed by atoms with Crippen molar-refractivity contribution in [3.8, 4) is 16.3 Å². The van der Waals surface area contributed by atoms with Crippen molar-refractivity contribution in [3.05, 3.63) is 53.7 Å². The zero-order valence-electron chi connectivity index (χ0n) is 12.1. The summed E-state index contributed by atoms with van der Waals surface area (Å²) in [5, 5.41) is 6.23. The summed E-state index contributed by atoms with van der Waals surface area (Å²) >= 11 is 1.59. The second-order valence-electron chi connectivity index (χ2n) is 4.66. The Morgan fingerprint density at radius 3 is 2.82 bits per heavy atom. The van der Waals surface area contributed by atoms with Gasteiger partial charge < -0.3 is 15.8 Å². The van der Waals surface area contributed by atoms with Crippen LogP contribution in [0.1, 0.15) is 5.56 Å². The van der Waals surface area contributed by atoms with E-state index in [1.165, 1.54) is 0 Å². The monoisotopic (exact) mass is 312 g/mol. The molecule has 0 saturated carbocycles. The summed E-state index contributed by atoms with van der Waals surface area (Å²) < 4.78 is 5.34. The molecule has 3 N–H and O–H groups in total. The van der Waals surface area contributed by atoms with Crippen LogP contribution < -0.4 is 15.8 Å². The average Bonchev–Trinajstić information content (AvgIpc) is 3.03. The summed E-state index contributed by atoms with van der Waals surface area (Å²) in [7, 11) is 1.64. The van der Waals surface area contributed by atoms with Crippen LogP contribution in [0.5, 0.6) is 5.75 Å². The lowest BCUT2D eigenvalue weighted by Crippen LogP contribution is -2.05. The highest BCUT2D eigenvalue weighted by atomic mass is 32.1. The van der Waals surface area contributed by atoms with Crippen molar-refractivity contribution in [1.29, 1.82) is 0 Å². The van der Waals surface area contributed by atoms with Crippen molar-refractivity contribution >= 4 is 22.8 Å². The molecule has 6 heteroatoms. The fourth-order valence-corrected chi connectivity index (χ4v) is 2.91. The lowest BCUT2D eigenvalue weighted by molar-refractivity contribution is 0.410. The predicted molar refractivity (Wildman–Crippen MR) is 90.1 cm³/mol. The van der Waals surface area contributed by atoms with E-state index in [0.717, 1.165) is 27.7 Å². The molecule has 5 nitrogen and oxygen atoms in total. The lowest BCUT2D eigenvalue weighted by Gasteiger charge is -2.11. The number of nitrogens with one attached hydrogen (secondary N) is 1. The zero-order chi connectivity index (χ0) is 15.4. The molecule has 2 aromatic heterocycles. The molecule has 3 aromatic rings. The number of benzene rings is 1. The molecule has 0 aliphatic heterocycles. The number of nitrogen functional groups attached to an aromatic ring is 1. The van der Waals surface area contributed by atoms with Crippen LogP contribution in [0, 0.1) is 0 Å². The quantitative estimate of drug-likeness (QED) is 0.706. The predicted octanol–water partition coefficient (Wildman–Crippen LogP) is 3.41. The smallest absolute Gasteiger partial charge is 0.138 e. The van der Waals surface area contributed by atoms with Crippen LogP contribution in [0.3, 0.4) is 0 Å². The van der Waals surface area contributed by atoms with E-state index in [0.29, 0.717) is 12.2 Å². The van der Waals surface area contributed by atoms with Gasteiger partial charge in [-0.15, -0.1) is 11.3 Å². The van der Waals surface area contributed by atoms with E-state index in [9.17, 15) is 0 Å². The number of nitrogens with zero attached hydrogens (tertiary/aromatic N) is 2. The molecule has 0 amide bonds. The number of hydrogen-bond donors (Lipinski definition) is 2. The van der Waals surface area contributed by atoms with E-state index in [-0.39, 0.29) is 0 Å². The van der Waals surface area contributed by atoms with Gasteiger partial charge in [0.1, 0.15) is 16.6 Å². The Morgan fingerprint density at radius 1 is 1.23 bits per heavy atom. The van der Waals surface area contributed by atoms with Crippen molar-refractivity contribution in [1.82, 2.24) is 9.97 Å². The van der Waals surface area contributed by atoms with Crippen molar-refractivity contribution in [2.75, 3.05) is 18.2 Å². The average molecular weight is 312 g/mol. The minimum absolute atomic E-state index is 0.565. The molecule has 0 saturated heterocycles. The number of rotatable bonds is 5. The van der Waals surface area contributed by atoms with Crippen LogP contribution >= 0.6 is 11.3 Å². The molecule has 0 bridgehead atoms. The van der Waals surface area contributed by atoms with Gasteiger partial charge in [-0.25, -0.2) is 4.98 Å². The van der Waals surface area contributed by atoms with Gasteiger partial charge in [-0.2, -0.15) is 0 Å². The van der Waals surface area contributed by atoms with E-state index in [4.69, 9.17) is 10.5 Å². The topological polar surface area (TPSA) is 73.1 Å². The summed E-state index contributed by atoms with van der Waals surface area (Å²) in [5.41, 5.74) is 8.71. The maximum Gasteiger partial charge on any atom is 0.138 e. The molecule has 0 fully saturated rings. The Labute approximate surface area is 132 Å². The summed E-state index contributed by atoms with van der Waals surface area (Å²) in [4.78, 5) is 8.59. The van der Waals surface area contributed by atoms with E-state index in [1.54, 1.807) is 30.8 Å². The maximum atomic E-state index is 6.01. The molecule has 112 valence electrons. The van der Waals surface area contributed by atoms with Crippen LogP contribution in [0.2, 0.25) is 0 Å². The molecule has 0 aliphatic carbocycles. The SMILES string of the molecule is COc1cccc(N)c1CNc1csc(-c2ccncc2)n1. The number of anilines is 2. The first-order valence-electron chi connectivity index (χ1n) is 6.79. The molecule has 1 aromatic carbocycles. The van der Waals surface area contributed by atoms with Crippen LogP contribution in [-0.2, 0) is 6.54 Å². The summed E-state index contributed by atoms with van der Waals surface area (Å²) in [6.07, 6.45) is 3.53. The molecule has 22 heavy (non-hydrogen) atoms. The highest BCUT2D eigenvalue weighted by Gasteiger charge is 2.08. The Hall–Kier alpha value is -2.60. The number of methoxy groups -OCH3 is 1. The fourth-order valence-electron chi connectivity index (χ4n) is 2.12. The van der Waals surface area contributed by atoms with Crippen LogP contribution in [0.4, 0.5) is 11.5 Å². The number of aromatic nitrogens is 2. The normalized spacial score (nSPS) is 10.4. The number of nitrogens with two attached hydrogens (primary N) is 1. The molecule has 2 heterocycles. The third kappa shape index (κ3) is 3.01. The van der Waals surface area contributed by atoms with Crippen LogP contribution in [0.25, 0.3) is 10.6 Å². The second-order valence-corrected chi connectivity index (χ2v) is 5.51. The minimum Gasteiger partial charge on any atom is -0.496 e. The molecule has 0 aliphatic rings. The minimum atomic E-state index is 0.565. The van der Waals surface area contributed by atoms with Gasteiger partial charge in [0, 0.05) is 41.1 Å². The van der Waals surface area contributed by atoms with Gasteiger partial charge in [0.2, 0.25) is 0 Å². The molecule has 0 unspecified atom stereocenters. The van der Waals surface area contributed by atoms with Gasteiger partial charge >= 0.3 is 0 Å². The van der Waals surface area contributed by atoms with Gasteiger partial charge in [-0.3, -0.25) is 4.98 Å². The number of pyridine rings is 1. The highest BCUT2D eigenvalue weighted by Crippen LogP contribution is 2.28. The summed E-state index contributed by atoms with van der Waals surface area (Å²) in [5.74, 6) is 1.60. The van der Waals surface area contributed by atoms with E-state index in [2.05, 4.69) is 15.3 Å². The fraction of sp³-hybridized carbons (Fsp3) is 0.125. The summed E-state index contributed by atoms with van der Waals surface area (Å²) in [6.45, 7) is 0.565. The molecule has 0 spiro atoms. The van der Waals surface area contributed by atoms with Gasteiger partial charge in [0.05, 0.1) is 7.11 Å². The highest BCUT2D eigenvalue weighted by molar-refractivity contribution is 7.13. The molecular formula is C16H16N4OS. The third-order valence-electron chi connectivity index (χ3n) is 3.27. The number of hydrogen-bond acceptors (Lipinski definition) is 6. The van der Waals surface area contributed by atoms with E-state index in [1.807, 2.05) is 35.7 Å². The Bertz CT molecular complexity index is 758. The van der Waals surface area contributed by atoms with Gasteiger partial charge in [-0.05, 0) is 24.3 Å². The number of thiazole rings is 1. The van der Waals surface area contributed by atoms with Gasteiger partial charge in [-0.1, -0.05) is 6.07 Å². The maximum absolute atomic E-state index is 6.01. The Morgan fingerprint density at radius 2 is 2.05 bits per heavy atom. The van der Waals surface area contributed by atoms with Gasteiger partial charge in [0.25, 0.3) is 0 Å². The molecular weight excluding hydrogens is 296 g/mol. The van der Waals surface area contributed by atoms with Crippen molar-refractivity contribution in [3.63, 3.8) is 0 Å². The standard InChI is InChI=1S/C16H16N4OS/c1-21-14-4-2-3-13(17)12(14)9-19-15-10-22-16(20-15)11-5-7-18-8-6-11/h2-8,10,19H,9,17H2,1H3. The van der Waals surface area contributed by atoms with Crippen LogP contribution in [0.15, 0.2) is 48.1 Å². The largest absolute Gasteiger partial charge is 0.496 e. The van der Waals surface area contributed by atoms with Crippen molar-refractivity contribution in [2.24, 2.45) is 0 Å². The van der Waals surface area contributed by atoms with E-state index < -0.39 is 0 Å². The molecule has 0 atom stereocenters. The first-order chi connectivity index (χ1) is 10.8. The van der Waals surface area contributed by atoms with E-state index >= 15 is 0 Å². The zero-order valence-corrected chi connectivity index (χ0v) is 12.9. The van der Waals surface area contributed by atoms with Crippen LogP contribution in [-0.4, -0.2) is 17.1 Å². The third-order valence-corrected chi connectivity index (χ3v) is 4.16. The molecule has 3 rings (SSSR count). The lowest BCUT2D eigenvalue weighted by atomic mass is 10.1. The first-order valence-corrected chi connectivity index (χ1v) is 7.67. The van der Waals surface area contributed by atoms with Crippen molar-refractivity contribution in [2.45, 2.75) is 6.54 Å². The molecule has 0 radical (unpaired) electrons. The van der Waals surface area contributed by atoms with Gasteiger partial charge in [0.15, 0.2) is 0 Å². The van der Waals surface area contributed by atoms with Crippen molar-refractivity contribution < 1.29 is 4.74 Å². The second kappa shape index (κ2) is 6.44. The first kappa shape index (κ1) is 14.3.